The predicted molar refractivity (Wildman–Crippen MR) is 89.0 cm³/mol. The monoisotopic (exact) mass is 318 g/mol. The third kappa shape index (κ3) is 6.02. The first-order valence-corrected chi connectivity index (χ1v) is 8.38. The molecule has 1 aromatic carbocycles. The molecule has 2 rings (SSSR count). The molecule has 0 spiro atoms. The summed E-state index contributed by atoms with van der Waals surface area (Å²) in [5.41, 5.74) is 1.23. The summed E-state index contributed by atoms with van der Waals surface area (Å²) in [5, 5.41) is 2.96. The number of carbonyl (C=O) groups is 2. The Balaban J connectivity index is 1.62. The fourth-order valence-electron chi connectivity index (χ4n) is 2.84. The molecule has 1 N–H and O–H groups in total. The van der Waals surface area contributed by atoms with Crippen LogP contribution in [0.4, 0.5) is 0 Å². The van der Waals surface area contributed by atoms with E-state index in [1.54, 1.807) is 0 Å². The Hall–Kier alpha value is -1.88. The number of rotatable bonds is 7. The van der Waals surface area contributed by atoms with Gasteiger partial charge in [0.05, 0.1) is 19.1 Å². The van der Waals surface area contributed by atoms with Gasteiger partial charge in [-0.2, -0.15) is 0 Å². The van der Waals surface area contributed by atoms with Crippen molar-refractivity contribution in [2.75, 3.05) is 32.8 Å². The smallest absolute Gasteiger partial charge is 0.309 e. The molecule has 0 aliphatic carbocycles. The van der Waals surface area contributed by atoms with Crippen LogP contribution >= 0.6 is 0 Å². The molecule has 5 nitrogen and oxygen atoms in total. The Morgan fingerprint density at radius 3 is 2.57 bits per heavy atom. The van der Waals surface area contributed by atoms with Crippen molar-refractivity contribution < 1.29 is 14.3 Å². The summed E-state index contributed by atoms with van der Waals surface area (Å²) in [7, 11) is 0. The van der Waals surface area contributed by atoms with Crippen LogP contribution in [0.2, 0.25) is 0 Å². The van der Waals surface area contributed by atoms with Gasteiger partial charge in [0.25, 0.3) is 0 Å². The van der Waals surface area contributed by atoms with Gasteiger partial charge in [-0.05, 0) is 44.8 Å². The number of nitrogens with one attached hydrogen (secondary N) is 1. The van der Waals surface area contributed by atoms with Gasteiger partial charge in [0.2, 0.25) is 5.91 Å². The molecule has 126 valence electrons. The van der Waals surface area contributed by atoms with Gasteiger partial charge in [-0.25, -0.2) is 0 Å². The van der Waals surface area contributed by atoms with E-state index in [-0.39, 0.29) is 17.8 Å². The Morgan fingerprint density at radius 1 is 1.22 bits per heavy atom. The standard InChI is InChI=1S/C18H26N2O3/c1-2-23-18(22)16-9-12-20(13-10-16)14-17(21)19-11-8-15-6-4-3-5-7-15/h3-7,16H,2,8-14H2,1H3,(H,19,21). The van der Waals surface area contributed by atoms with E-state index >= 15 is 0 Å². The number of nitrogens with zero attached hydrogens (tertiary/aromatic N) is 1. The van der Waals surface area contributed by atoms with Crippen molar-refractivity contribution in [3.8, 4) is 0 Å². The van der Waals surface area contributed by atoms with Crippen LogP contribution in [-0.2, 0) is 20.7 Å². The molecule has 0 atom stereocenters. The van der Waals surface area contributed by atoms with Gasteiger partial charge in [0.1, 0.15) is 0 Å². The van der Waals surface area contributed by atoms with Crippen molar-refractivity contribution in [1.82, 2.24) is 10.2 Å². The largest absolute Gasteiger partial charge is 0.466 e. The maximum absolute atomic E-state index is 12.0. The van der Waals surface area contributed by atoms with Crippen LogP contribution in [0, 0.1) is 5.92 Å². The van der Waals surface area contributed by atoms with E-state index in [1.807, 2.05) is 25.1 Å². The predicted octanol–water partition coefficient (Wildman–Crippen LogP) is 1.62. The lowest BCUT2D eigenvalue weighted by atomic mass is 9.97. The van der Waals surface area contributed by atoms with Crippen molar-refractivity contribution in [3.05, 3.63) is 35.9 Å². The van der Waals surface area contributed by atoms with Crippen LogP contribution in [-0.4, -0.2) is 49.6 Å². The normalized spacial score (nSPS) is 16.0. The Labute approximate surface area is 138 Å². The summed E-state index contributed by atoms with van der Waals surface area (Å²) in [5.74, 6) is -0.0534. The van der Waals surface area contributed by atoms with Crippen LogP contribution in [0.5, 0.6) is 0 Å². The molecular weight excluding hydrogens is 292 g/mol. The van der Waals surface area contributed by atoms with Crippen LogP contribution < -0.4 is 5.32 Å². The van der Waals surface area contributed by atoms with Gasteiger partial charge < -0.3 is 10.1 Å². The summed E-state index contributed by atoms with van der Waals surface area (Å²) in [6.45, 7) is 4.87. The highest BCUT2D eigenvalue weighted by Gasteiger charge is 2.26. The molecule has 1 heterocycles. The number of ether oxygens (including phenoxy) is 1. The molecule has 1 aromatic rings. The zero-order valence-electron chi connectivity index (χ0n) is 13.8. The molecule has 1 saturated heterocycles. The lowest BCUT2D eigenvalue weighted by Gasteiger charge is -2.30. The minimum absolute atomic E-state index is 0.00709. The van der Waals surface area contributed by atoms with E-state index in [0.29, 0.717) is 19.7 Å². The summed E-state index contributed by atoms with van der Waals surface area (Å²) >= 11 is 0. The first-order valence-electron chi connectivity index (χ1n) is 8.38. The zero-order chi connectivity index (χ0) is 16.5. The van der Waals surface area contributed by atoms with Crippen molar-refractivity contribution in [2.45, 2.75) is 26.2 Å². The zero-order valence-corrected chi connectivity index (χ0v) is 13.8. The molecule has 0 radical (unpaired) electrons. The van der Waals surface area contributed by atoms with E-state index in [9.17, 15) is 9.59 Å². The number of likely N-dealkylation sites (tertiary alicyclic amines) is 1. The number of hydrogen-bond donors (Lipinski definition) is 1. The second-order valence-electron chi connectivity index (χ2n) is 5.89. The van der Waals surface area contributed by atoms with Crippen LogP contribution in [0.25, 0.3) is 0 Å². The number of esters is 1. The number of hydrogen-bond acceptors (Lipinski definition) is 4. The number of piperidine rings is 1. The van der Waals surface area contributed by atoms with Gasteiger partial charge in [0, 0.05) is 6.54 Å². The summed E-state index contributed by atoms with van der Waals surface area (Å²) in [6.07, 6.45) is 2.39. The van der Waals surface area contributed by atoms with Crippen LogP contribution in [0.3, 0.4) is 0 Å². The van der Waals surface area contributed by atoms with E-state index < -0.39 is 0 Å². The number of benzene rings is 1. The maximum Gasteiger partial charge on any atom is 0.309 e. The van der Waals surface area contributed by atoms with E-state index in [1.165, 1.54) is 5.56 Å². The summed E-state index contributed by atoms with van der Waals surface area (Å²) < 4.78 is 5.06. The molecule has 0 saturated carbocycles. The SMILES string of the molecule is CCOC(=O)C1CCN(CC(=O)NCCc2ccccc2)CC1. The van der Waals surface area contributed by atoms with Gasteiger partial charge in [-0.1, -0.05) is 30.3 Å². The second kappa shape index (κ2) is 9.30. The van der Waals surface area contributed by atoms with Crippen LogP contribution in [0.15, 0.2) is 30.3 Å². The van der Waals surface area contributed by atoms with E-state index in [2.05, 4.69) is 22.3 Å². The second-order valence-corrected chi connectivity index (χ2v) is 5.89. The molecule has 1 aliphatic heterocycles. The van der Waals surface area contributed by atoms with Gasteiger partial charge in [-0.15, -0.1) is 0 Å². The molecular formula is C18H26N2O3. The average molecular weight is 318 g/mol. The Bertz CT molecular complexity index is 496. The van der Waals surface area contributed by atoms with E-state index in [4.69, 9.17) is 4.74 Å². The molecule has 1 amide bonds. The highest BCUT2D eigenvalue weighted by atomic mass is 16.5. The summed E-state index contributed by atoms with van der Waals surface area (Å²) in [6, 6.07) is 10.1. The third-order valence-electron chi connectivity index (χ3n) is 4.15. The molecule has 0 bridgehead atoms. The molecule has 0 unspecified atom stereocenters. The van der Waals surface area contributed by atoms with Gasteiger partial charge >= 0.3 is 5.97 Å². The summed E-state index contributed by atoms with van der Waals surface area (Å²) in [4.78, 5) is 25.8. The Morgan fingerprint density at radius 2 is 1.91 bits per heavy atom. The van der Waals surface area contributed by atoms with Crippen molar-refractivity contribution in [3.63, 3.8) is 0 Å². The number of amides is 1. The lowest BCUT2D eigenvalue weighted by Crippen LogP contribution is -2.43. The fraction of sp³-hybridized carbons (Fsp3) is 0.556. The molecule has 23 heavy (non-hydrogen) atoms. The van der Waals surface area contributed by atoms with Crippen molar-refractivity contribution in [1.29, 1.82) is 0 Å². The lowest BCUT2D eigenvalue weighted by molar-refractivity contribution is -0.149. The number of carbonyl (C=O) groups excluding carboxylic acids is 2. The van der Waals surface area contributed by atoms with Crippen LogP contribution in [0.1, 0.15) is 25.3 Å². The van der Waals surface area contributed by atoms with Gasteiger partial charge in [0.15, 0.2) is 0 Å². The van der Waals surface area contributed by atoms with E-state index in [0.717, 1.165) is 32.4 Å². The highest BCUT2D eigenvalue weighted by Crippen LogP contribution is 2.18. The topological polar surface area (TPSA) is 58.6 Å². The minimum Gasteiger partial charge on any atom is -0.466 e. The third-order valence-corrected chi connectivity index (χ3v) is 4.15. The molecule has 5 heteroatoms. The molecule has 1 aliphatic rings. The maximum atomic E-state index is 12.0. The minimum atomic E-state index is -0.0977. The average Bonchev–Trinajstić information content (AvgIpc) is 2.57. The molecule has 0 aromatic heterocycles. The van der Waals surface area contributed by atoms with Crippen molar-refractivity contribution >= 4 is 11.9 Å². The van der Waals surface area contributed by atoms with Crippen molar-refractivity contribution in [2.24, 2.45) is 5.92 Å². The highest BCUT2D eigenvalue weighted by molar-refractivity contribution is 5.78. The fourth-order valence-corrected chi connectivity index (χ4v) is 2.84. The quantitative estimate of drug-likeness (QED) is 0.776. The molecule has 1 fully saturated rings. The first-order chi connectivity index (χ1) is 11.2. The Kier molecular flexibility index (Phi) is 7.07. The van der Waals surface area contributed by atoms with Gasteiger partial charge in [-0.3, -0.25) is 14.5 Å². The first kappa shape index (κ1) is 17.5.